The van der Waals surface area contributed by atoms with Crippen molar-refractivity contribution >= 4 is 5.97 Å². The molecule has 6 rings (SSSR count). The third kappa shape index (κ3) is 5.47. The second kappa shape index (κ2) is 11.4. The fraction of sp³-hybridized carbons (Fsp3) is 0.581. The van der Waals surface area contributed by atoms with E-state index >= 15 is 0 Å². The van der Waals surface area contributed by atoms with E-state index in [-0.39, 0.29) is 12.1 Å². The van der Waals surface area contributed by atoms with Crippen LogP contribution in [0.25, 0.3) is 0 Å². The van der Waals surface area contributed by atoms with Crippen LogP contribution in [0.3, 0.4) is 0 Å². The third-order valence-corrected chi connectivity index (χ3v) is 9.11. The molecule has 1 saturated carbocycles. The van der Waals surface area contributed by atoms with Crippen LogP contribution in [0.2, 0.25) is 0 Å². The van der Waals surface area contributed by atoms with E-state index in [0.29, 0.717) is 12.5 Å². The van der Waals surface area contributed by atoms with Crippen LogP contribution in [0.1, 0.15) is 62.5 Å². The van der Waals surface area contributed by atoms with Gasteiger partial charge in [0, 0.05) is 18.8 Å². The molecule has 2 aromatic rings. The molecule has 194 valence electrons. The number of fused-ring (bicyclic) bond motifs is 3. The average molecular weight is 493 g/mol. The lowest BCUT2D eigenvalue weighted by atomic mass is 9.74. The van der Waals surface area contributed by atoms with Gasteiger partial charge in [-0.15, -0.1) is 0 Å². The molecule has 5 heteroatoms. The van der Waals surface area contributed by atoms with Crippen LogP contribution in [0.15, 0.2) is 54.6 Å². The molecule has 2 aromatic carbocycles. The van der Waals surface area contributed by atoms with Crippen molar-refractivity contribution in [3.8, 4) is 5.75 Å². The zero-order chi connectivity index (χ0) is 24.8. The molecule has 3 heterocycles. The highest BCUT2D eigenvalue weighted by atomic mass is 16.5. The lowest BCUT2D eigenvalue weighted by Crippen LogP contribution is -2.65. The lowest BCUT2D eigenvalue weighted by molar-refractivity contribution is -0.946. The molecule has 1 aliphatic carbocycles. The SMILES string of the molecule is COc1ccc(COCC[N+]23CCC(CC2)C(OC(=O)C2(c4ccccc4)CCCCCC2)C3)cc1. The summed E-state index contributed by atoms with van der Waals surface area (Å²) in [5.74, 6) is 1.41. The van der Waals surface area contributed by atoms with Crippen molar-refractivity contribution in [1.29, 1.82) is 0 Å². The topological polar surface area (TPSA) is 44.8 Å². The van der Waals surface area contributed by atoms with Crippen LogP contribution in [-0.2, 0) is 26.3 Å². The minimum absolute atomic E-state index is 0.0308. The molecule has 3 saturated heterocycles. The average Bonchev–Trinajstić information content (AvgIpc) is 3.20. The van der Waals surface area contributed by atoms with Crippen molar-refractivity contribution in [3.05, 3.63) is 65.7 Å². The fourth-order valence-corrected chi connectivity index (χ4v) is 6.79. The molecule has 0 spiro atoms. The van der Waals surface area contributed by atoms with Crippen LogP contribution in [-0.4, -0.2) is 56.5 Å². The van der Waals surface area contributed by atoms with E-state index in [1.807, 2.05) is 18.2 Å². The van der Waals surface area contributed by atoms with E-state index in [1.165, 1.54) is 25.9 Å². The van der Waals surface area contributed by atoms with Gasteiger partial charge in [-0.05, 0) is 36.1 Å². The number of nitrogens with zero attached hydrogens (tertiary/aromatic N) is 1. The predicted molar refractivity (Wildman–Crippen MR) is 141 cm³/mol. The molecule has 3 aliphatic heterocycles. The fourth-order valence-electron chi connectivity index (χ4n) is 6.79. The second-order valence-electron chi connectivity index (χ2n) is 11.2. The Morgan fingerprint density at radius 1 is 0.944 bits per heavy atom. The van der Waals surface area contributed by atoms with Gasteiger partial charge in [-0.3, -0.25) is 4.79 Å². The molecule has 0 N–H and O–H groups in total. The summed E-state index contributed by atoms with van der Waals surface area (Å²) >= 11 is 0. The van der Waals surface area contributed by atoms with Crippen LogP contribution in [0.4, 0.5) is 0 Å². The van der Waals surface area contributed by atoms with Gasteiger partial charge in [0.05, 0.1) is 38.8 Å². The standard InChI is InChI=1S/C31H42NO4/c1-34-28-13-11-25(12-14-28)24-35-22-21-32-19-15-26(16-20-32)29(23-32)36-30(33)31(17-7-2-3-8-18-31)27-9-5-4-6-10-27/h4-6,9-14,26,29H,2-3,7-8,15-24H2,1H3/q+1. The number of esters is 1. The summed E-state index contributed by atoms with van der Waals surface area (Å²) in [5.41, 5.74) is 1.83. The number of rotatable bonds is 9. The second-order valence-corrected chi connectivity index (χ2v) is 11.2. The van der Waals surface area contributed by atoms with Gasteiger partial charge < -0.3 is 18.7 Å². The van der Waals surface area contributed by atoms with Gasteiger partial charge in [0.2, 0.25) is 0 Å². The molecule has 4 fully saturated rings. The maximum absolute atomic E-state index is 13.9. The number of carbonyl (C=O) groups is 1. The zero-order valence-corrected chi connectivity index (χ0v) is 21.8. The summed E-state index contributed by atoms with van der Waals surface area (Å²) in [6.07, 6.45) is 8.77. The first-order valence-electron chi connectivity index (χ1n) is 13.9. The highest BCUT2D eigenvalue weighted by Crippen LogP contribution is 2.42. The molecule has 2 bridgehead atoms. The minimum atomic E-state index is -0.476. The Hall–Kier alpha value is -2.37. The zero-order valence-electron chi connectivity index (χ0n) is 21.8. The monoisotopic (exact) mass is 492 g/mol. The Balaban J connectivity index is 1.20. The first-order chi connectivity index (χ1) is 17.6. The minimum Gasteiger partial charge on any atom is -0.497 e. The first-order valence-corrected chi connectivity index (χ1v) is 13.9. The predicted octanol–water partition coefficient (Wildman–Crippen LogP) is 5.66. The van der Waals surface area contributed by atoms with Crippen LogP contribution >= 0.6 is 0 Å². The summed E-state index contributed by atoms with van der Waals surface area (Å²) < 4.78 is 18.8. The molecule has 0 aromatic heterocycles. The molecule has 4 aliphatic rings. The van der Waals surface area contributed by atoms with Crippen molar-refractivity contribution in [1.82, 2.24) is 0 Å². The van der Waals surface area contributed by atoms with Crippen molar-refractivity contribution in [2.75, 3.05) is 39.9 Å². The van der Waals surface area contributed by atoms with Crippen LogP contribution in [0.5, 0.6) is 5.75 Å². The van der Waals surface area contributed by atoms with E-state index in [4.69, 9.17) is 14.2 Å². The van der Waals surface area contributed by atoms with Gasteiger partial charge in [0.25, 0.3) is 0 Å². The van der Waals surface area contributed by atoms with Crippen LogP contribution < -0.4 is 4.74 Å². The summed E-state index contributed by atoms with van der Waals surface area (Å²) in [6, 6.07) is 18.5. The lowest BCUT2D eigenvalue weighted by Gasteiger charge is -2.52. The number of quaternary nitrogens is 1. The number of benzene rings is 2. The molecule has 1 atom stereocenters. The third-order valence-electron chi connectivity index (χ3n) is 9.11. The number of methoxy groups -OCH3 is 1. The Bertz CT molecular complexity index is 973. The van der Waals surface area contributed by atoms with E-state index in [0.717, 1.165) is 79.6 Å². The number of carbonyl (C=O) groups excluding carboxylic acids is 1. The van der Waals surface area contributed by atoms with Crippen molar-refractivity contribution < 1.29 is 23.5 Å². The highest BCUT2D eigenvalue weighted by Gasteiger charge is 2.50. The Kier molecular flexibility index (Phi) is 7.97. The molecule has 36 heavy (non-hydrogen) atoms. The smallest absolute Gasteiger partial charge is 0.317 e. The molecule has 1 unspecified atom stereocenters. The Labute approximate surface area is 216 Å². The molecule has 0 amide bonds. The Morgan fingerprint density at radius 3 is 2.31 bits per heavy atom. The van der Waals surface area contributed by atoms with Crippen molar-refractivity contribution in [2.45, 2.75) is 69.5 Å². The summed E-state index contributed by atoms with van der Waals surface area (Å²) in [5, 5.41) is 0. The summed E-state index contributed by atoms with van der Waals surface area (Å²) in [4.78, 5) is 13.9. The largest absolute Gasteiger partial charge is 0.497 e. The van der Waals surface area contributed by atoms with E-state index < -0.39 is 5.41 Å². The van der Waals surface area contributed by atoms with E-state index in [2.05, 4.69) is 36.4 Å². The Morgan fingerprint density at radius 2 is 1.64 bits per heavy atom. The summed E-state index contributed by atoms with van der Waals surface area (Å²) in [7, 11) is 1.68. The summed E-state index contributed by atoms with van der Waals surface area (Å²) in [6.45, 7) is 5.62. The highest BCUT2D eigenvalue weighted by molar-refractivity contribution is 5.83. The first kappa shape index (κ1) is 25.3. The number of hydrogen-bond donors (Lipinski definition) is 0. The van der Waals surface area contributed by atoms with Gasteiger partial charge >= 0.3 is 5.97 Å². The number of hydrogen-bond acceptors (Lipinski definition) is 4. The number of ether oxygens (including phenoxy) is 3. The van der Waals surface area contributed by atoms with Gasteiger partial charge in [-0.1, -0.05) is 68.1 Å². The van der Waals surface area contributed by atoms with Crippen molar-refractivity contribution in [3.63, 3.8) is 0 Å². The van der Waals surface area contributed by atoms with Crippen LogP contribution in [0, 0.1) is 5.92 Å². The molecular formula is C31H42NO4+. The van der Waals surface area contributed by atoms with E-state index in [9.17, 15) is 4.79 Å². The van der Waals surface area contributed by atoms with Crippen molar-refractivity contribution in [2.24, 2.45) is 5.92 Å². The molecule has 0 radical (unpaired) electrons. The maximum Gasteiger partial charge on any atom is 0.317 e. The molecule has 5 nitrogen and oxygen atoms in total. The van der Waals surface area contributed by atoms with Gasteiger partial charge in [0.15, 0.2) is 6.10 Å². The van der Waals surface area contributed by atoms with Gasteiger partial charge in [-0.25, -0.2) is 0 Å². The maximum atomic E-state index is 13.9. The number of piperidine rings is 3. The van der Waals surface area contributed by atoms with Gasteiger partial charge in [0.1, 0.15) is 18.8 Å². The van der Waals surface area contributed by atoms with Gasteiger partial charge in [-0.2, -0.15) is 0 Å². The quantitative estimate of drug-likeness (QED) is 0.196. The molecular weight excluding hydrogens is 450 g/mol. The normalized spacial score (nSPS) is 27.2. The van der Waals surface area contributed by atoms with E-state index in [1.54, 1.807) is 7.11 Å².